The number of halogens is 2. The Labute approximate surface area is 243 Å². The molecule has 0 unspecified atom stereocenters. The molecule has 6 rings (SSSR count). The molecule has 41 heavy (non-hydrogen) atoms. The van der Waals surface area contributed by atoms with Crippen molar-refractivity contribution >= 4 is 68.4 Å². The molecule has 4 heterocycles. The number of carboxylic acid groups (broad SMARTS) is 1. The van der Waals surface area contributed by atoms with E-state index in [9.17, 15) is 23.9 Å². The lowest BCUT2D eigenvalue weighted by atomic mass is 10.0. The highest BCUT2D eigenvalue weighted by molar-refractivity contribution is 9.10. The van der Waals surface area contributed by atoms with E-state index < -0.39 is 5.97 Å². The number of amides is 2. The zero-order valence-corrected chi connectivity index (χ0v) is 24.2. The van der Waals surface area contributed by atoms with E-state index in [2.05, 4.69) is 36.5 Å². The first-order valence-electron chi connectivity index (χ1n) is 12.7. The Morgan fingerprint density at radius 2 is 1.41 bits per heavy atom. The fraction of sp³-hybridized carbons (Fsp3) is 0.129. The minimum absolute atomic E-state index is 0.198. The summed E-state index contributed by atoms with van der Waals surface area (Å²) in [5.41, 5.74) is 8.84. The van der Waals surface area contributed by atoms with Gasteiger partial charge in [-0.3, -0.25) is 9.59 Å². The summed E-state index contributed by atoms with van der Waals surface area (Å²) in [4.78, 5) is 41.6. The number of fused-ring (bicyclic) bond motifs is 2. The van der Waals surface area contributed by atoms with Crippen molar-refractivity contribution in [2.24, 2.45) is 0 Å². The van der Waals surface area contributed by atoms with Crippen LogP contribution in [-0.4, -0.2) is 32.9 Å². The lowest BCUT2D eigenvalue weighted by molar-refractivity contribution is -0.111. The first kappa shape index (κ1) is 27.9. The number of aryl methyl sites for hydroxylation is 3. The molecule has 0 radical (unpaired) electrons. The van der Waals surface area contributed by atoms with E-state index in [0.717, 1.165) is 32.7 Å². The van der Waals surface area contributed by atoms with Crippen LogP contribution in [0.25, 0.3) is 23.3 Å². The van der Waals surface area contributed by atoms with E-state index in [0.29, 0.717) is 39.3 Å². The number of hydrogen-bond donors (Lipinski definition) is 5. The van der Waals surface area contributed by atoms with Gasteiger partial charge in [0.1, 0.15) is 5.82 Å². The van der Waals surface area contributed by atoms with Crippen LogP contribution in [-0.2, 0) is 9.59 Å². The van der Waals surface area contributed by atoms with E-state index in [-0.39, 0.29) is 23.2 Å². The van der Waals surface area contributed by atoms with Gasteiger partial charge in [0.2, 0.25) is 0 Å². The molecule has 0 atom stereocenters. The number of anilines is 2. The van der Waals surface area contributed by atoms with Gasteiger partial charge in [-0.15, -0.1) is 0 Å². The maximum absolute atomic E-state index is 13.3. The van der Waals surface area contributed by atoms with Gasteiger partial charge in [0.25, 0.3) is 11.8 Å². The van der Waals surface area contributed by atoms with Crippen LogP contribution in [0.2, 0.25) is 0 Å². The van der Waals surface area contributed by atoms with E-state index in [1.807, 2.05) is 38.1 Å². The monoisotopic (exact) mass is 616 g/mol. The van der Waals surface area contributed by atoms with Crippen LogP contribution in [0.5, 0.6) is 0 Å². The lowest BCUT2D eigenvalue weighted by Gasteiger charge is -2.00. The Hall–Kier alpha value is -4.70. The maximum atomic E-state index is 13.3. The highest BCUT2D eigenvalue weighted by Gasteiger charge is 2.26. The summed E-state index contributed by atoms with van der Waals surface area (Å²) in [5.74, 6) is -1.72. The largest absolute Gasteiger partial charge is 0.478 e. The number of H-pyrrole nitrogens is 2. The minimum Gasteiger partial charge on any atom is -0.478 e. The Bertz CT molecular complexity index is 1830. The number of rotatable bonds is 3. The van der Waals surface area contributed by atoms with Gasteiger partial charge in [0.15, 0.2) is 0 Å². The molecular weight excluding hydrogens is 591 g/mol. The Morgan fingerprint density at radius 3 is 1.98 bits per heavy atom. The molecule has 2 amide bonds. The third kappa shape index (κ3) is 5.38. The van der Waals surface area contributed by atoms with Crippen molar-refractivity contribution in [1.82, 2.24) is 9.97 Å². The van der Waals surface area contributed by atoms with Gasteiger partial charge >= 0.3 is 5.97 Å². The predicted octanol–water partition coefficient (Wildman–Crippen LogP) is 6.85. The molecule has 2 aromatic carbocycles. The number of benzene rings is 2. The van der Waals surface area contributed by atoms with E-state index in [1.165, 1.54) is 12.1 Å². The number of aromatic carboxylic acids is 1. The van der Waals surface area contributed by atoms with Crippen LogP contribution >= 0.6 is 15.9 Å². The van der Waals surface area contributed by atoms with Gasteiger partial charge in [-0.1, -0.05) is 15.9 Å². The molecule has 0 bridgehead atoms. The van der Waals surface area contributed by atoms with Crippen molar-refractivity contribution in [2.75, 3.05) is 10.6 Å². The zero-order valence-electron chi connectivity index (χ0n) is 22.6. The van der Waals surface area contributed by atoms with Crippen molar-refractivity contribution in [2.45, 2.75) is 27.7 Å². The molecule has 2 aliphatic rings. The first-order chi connectivity index (χ1) is 19.4. The van der Waals surface area contributed by atoms with Crippen LogP contribution in [0.15, 0.2) is 46.9 Å². The molecule has 2 aromatic heterocycles. The van der Waals surface area contributed by atoms with Crippen LogP contribution in [0.4, 0.5) is 15.8 Å². The summed E-state index contributed by atoms with van der Waals surface area (Å²) in [5, 5.41) is 14.8. The fourth-order valence-corrected chi connectivity index (χ4v) is 5.40. The van der Waals surface area contributed by atoms with Crippen molar-refractivity contribution < 1.29 is 23.9 Å². The minimum atomic E-state index is -0.977. The third-order valence-corrected chi connectivity index (χ3v) is 7.48. The van der Waals surface area contributed by atoms with E-state index in [4.69, 9.17) is 0 Å². The number of aromatic amines is 2. The second-order valence-corrected chi connectivity index (χ2v) is 10.8. The highest BCUT2D eigenvalue weighted by Crippen LogP contribution is 2.36. The van der Waals surface area contributed by atoms with Crippen LogP contribution in [0, 0.1) is 33.5 Å². The molecule has 5 N–H and O–H groups in total. The number of carbonyl (C=O) groups is 3. The average Bonchev–Trinajstić information content (AvgIpc) is 3.58. The number of nitrogens with one attached hydrogen (secondary N) is 4. The van der Waals surface area contributed by atoms with Crippen molar-refractivity contribution in [3.63, 3.8) is 0 Å². The second-order valence-electron chi connectivity index (χ2n) is 9.92. The molecule has 0 spiro atoms. The summed E-state index contributed by atoms with van der Waals surface area (Å²) in [6.45, 7) is 7.36. The third-order valence-electron chi connectivity index (χ3n) is 6.99. The number of carbonyl (C=O) groups excluding carboxylic acids is 2. The van der Waals surface area contributed by atoms with Gasteiger partial charge in [-0.25, -0.2) is 9.18 Å². The van der Waals surface area contributed by atoms with Crippen molar-refractivity contribution in [3.05, 3.63) is 103 Å². The number of aromatic nitrogens is 2. The summed E-state index contributed by atoms with van der Waals surface area (Å²) < 4.78 is 14.2. The van der Waals surface area contributed by atoms with Crippen LogP contribution < -0.4 is 10.6 Å². The van der Waals surface area contributed by atoms with Crippen molar-refractivity contribution in [1.29, 1.82) is 0 Å². The predicted molar refractivity (Wildman–Crippen MR) is 161 cm³/mol. The molecular formula is C31H26BrFN4O4. The number of carboxylic acids is 1. The van der Waals surface area contributed by atoms with Crippen LogP contribution in [0.1, 0.15) is 55.4 Å². The maximum Gasteiger partial charge on any atom is 0.337 e. The van der Waals surface area contributed by atoms with Gasteiger partial charge in [-0.2, -0.15) is 0 Å². The van der Waals surface area contributed by atoms with Crippen molar-refractivity contribution in [3.8, 4) is 0 Å². The zero-order chi connectivity index (χ0) is 29.6. The standard InChI is InChI=1S/C16H13BrN2O3.C15H13FN2O/c1-7-13(18-8(2)14(7)16(21)22)6-11-10-5-9(17)3-4-12(10)19-15(11)20;1-8-5-9(2)17-14(8)7-12-11-6-10(16)3-4-13(11)18-15(12)19/h3-6,18H,1-2H3,(H,19,20)(H,21,22);3-7,17H,1-2H3,(H,18,19)/b11-6-;12-7-. The molecule has 0 aliphatic carbocycles. The molecule has 0 saturated heterocycles. The SMILES string of the molecule is Cc1[nH]c(/C=C2\C(=O)Nc3ccc(Br)cc32)c(C)c1C(=O)O.Cc1cc(C)c(/C=C2\C(=O)Nc3ccc(F)cc32)[nH]1. The average molecular weight is 617 g/mol. The normalized spacial score (nSPS) is 15.4. The summed E-state index contributed by atoms with van der Waals surface area (Å²) in [6.07, 6.45) is 3.46. The first-order valence-corrected chi connectivity index (χ1v) is 13.5. The number of hydrogen-bond acceptors (Lipinski definition) is 3. The van der Waals surface area contributed by atoms with Gasteiger partial charge in [-0.05, 0) is 93.4 Å². The molecule has 0 saturated carbocycles. The molecule has 4 aromatic rings. The molecule has 10 heteroatoms. The molecule has 0 fully saturated rings. The summed E-state index contributed by atoms with van der Waals surface area (Å²) in [6, 6.07) is 11.9. The highest BCUT2D eigenvalue weighted by atomic mass is 79.9. The summed E-state index contributed by atoms with van der Waals surface area (Å²) in [7, 11) is 0. The quantitative estimate of drug-likeness (QED) is 0.161. The topological polar surface area (TPSA) is 127 Å². The Balaban J connectivity index is 0.000000166. The van der Waals surface area contributed by atoms with Gasteiger partial charge in [0.05, 0.1) is 16.7 Å². The second kappa shape index (κ2) is 10.7. The molecule has 8 nitrogen and oxygen atoms in total. The van der Waals surface area contributed by atoms with Gasteiger partial charge < -0.3 is 25.7 Å². The van der Waals surface area contributed by atoms with Gasteiger partial charge in [0, 0.05) is 49.8 Å². The fourth-order valence-electron chi connectivity index (χ4n) is 5.03. The van der Waals surface area contributed by atoms with E-state index >= 15 is 0 Å². The molecule has 2 aliphatic heterocycles. The Kier molecular flexibility index (Phi) is 7.27. The smallest absolute Gasteiger partial charge is 0.337 e. The molecule has 208 valence electrons. The Morgan fingerprint density at radius 1 is 0.829 bits per heavy atom. The van der Waals surface area contributed by atoms with E-state index in [1.54, 1.807) is 32.1 Å². The van der Waals surface area contributed by atoms with Crippen LogP contribution in [0.3, 0.4) is 0 Å². The summed E-state index contributed by atoms with van der Waals surface area (Å²) >= 11 is 3.40. The lowest BCUT2D eigenvalue weighted by Crippen LogP contribution is -2.03.